The van der Waals surface area contributed by atoms with E-state index in [0.717, 1.165) is 22.3 Å². The van der Waals surface area contributed by atoms with E-state index in [1.807, 2.05) is 43.5 Å². The van der Waals surface area contributed by atoms with Crippen LogP contribution in [-0.2, 0) is 11.2 Å². The van der Waals surface area contributed by atoms with Crippen LogP contribution in [0, 0.1) is 12.8 Å². The SMILES string of the molecule is Br.Cc1ccn(-c2ccc(C(=O)N[C@@H]3CCC(F)(F)C[C@@H]3C(=O)N3CCc4c(-c5ncc[nH]5)nc5ccccc5c43)cc2)n1. The minimum Gasteiger partial charge on any atom is -0.348 e. The Kier molecular flexibility index (Phi) is 7.79. The van der Waals surface area contributed by atoms with Crippen LogP contribution < -0.4 is 10.2 Å². The average Bonchev–Trinajstić information content (AvgIpc) is 3.79. The Morgan fingerprint density at radius 3 is 2.61 bits per heavy atom. The number of alkyl halides is 2. The van der Waals surface area contributed by atoms with E-state index in [9.17, 15) is 18.4 Å². The number of aryl methyl sites for hydroxylation is 1. The maximum absolute atomic E-state index is 14.8. The van der Waals surface area contributed by atoms with E-state index >= 15 is 0 Å². The number of H-pyrrole nitrogens is 1. The molecule has 0 bridgehead atoms. The van der Waals surface area contributed by atoms with Gasteiger partial charge in [-0.1, -0.05) is 18.2 Å². The van der Waals surface area contributed by atoms with E-state index in [2.05, 4.69) is 20.4 Å². The lowest BCUT2D eigenvalue weighted by Crippen LogP contribution is -2.52. The maximum Gasteiger partial charge on any atom is 0.251 e. The summed E-state index contributed by atoms with van der Waals surface area (Å²) in [6.45, 7) is 2.22. The Morgan fingerprint density at radius 2 is 1.89 bits per heavy atom. The molecule has 7 rings (SSSR count). The molecule has 2 amide bonds. The lowest BCUT2D eigenvalue weighted by atomic mass is 9.81. The van der Waals surface area contributed by atoms with Crippen molar-refractivity contribution in [1.82, 2.24) is 30.0 Å². The van der Waals surface area contributed by atoms with Crippen molar-refractivity contribution < 1.29 is 18.4 Å². The van der Waals surface area contributed by atoms with Gasteiger partial charge in [0, 0.05) is 60.5 Å². The average molecular weight is 663 g/mol. The standard InChI is InChI=1S/C32H29F2N7O2.BrH/c1-19-11-17-41(39-19)21-8-6-20(7-9-21)30(42)38-26-10-13-32(33,34)18-24(26)31(43)40-16-12-23-27(29-35-14-15-36-29)37-25-5-3-2-4-22(25)28(23)40;/h2-9,11,14-15,17,24,26H,10,12-13,16,18H2,1H3,(H,35,36)(H,38,42);1H/t24-,26+;/m0./s1. The zero-order valence-electron chi connectivity index (χ0n) is 23.8. The highest BCUT2D eigenvalue weighted by Gasteiger charge is 2.47. The molecule has 0 saturated heterocycles. The minimum atomic E-state index is -3.01. The summed E-state index contributed by atoms with van der Waals surface area (Å²) >= 11 is 0. The second kappa shape index (κ2) is 11.6. The molecular weight excluding hydrogens is 632 g/mol. The predicted molar refractivity (Wildman–Crippen MR) is 168 cm³/mol. The predicted octanol–water partition coefficient (Wildman–Crippen LogP) is 5.82. The molecule has 1 aliphatic heterocycles. The van der Waals surface area contributed by atoms with Gasteiger partial charge in [-0.2, -0.15) is 5.10 Å². The van der Waals surface area contributed by atoms with Gasteiger partial charge in [-0.05, 0) is 56.2 Å². The number of aromatic nitrogens is 5. The summed E-state index contributed by atoms with van der Waals surface area (Å²) in [4.78, 5) is 41.4. The smallest absolute Gasteiger partial charge is 0.251 e. The number of carbonyl (C=O) groups is 2. The van der Waals surface area contributed by atoms with Crippen LogP contribution in [0.25, 0.3) is 28.1 Å². The zero-order chi connectivity index (χ0) is 29.7. The molecule has 226 valence electrons. The first-order chi connectivity index (χ1) is 20.8. The number of aromatic amines is 1. The van der Waals surface area contributed by atoms with Gasteiger partial charge in [0.05, 0.1) is 28.5 Å². The Bertz CT molecular complexity index is 1840. The normalized spacial score (nSPS) is 18.9. The molecule has 1 fully saturated rings. The van der Waals surface area contributed by atoms with Crippen molar-refractivity contribution >= 4 is 45.4 Å². The molecule has 3 aromatic heterocycles. The van der Waals surface area contributed by atoms with Crippen molar-refractivity contribution in [2.45, 2.75) is 44.6 Å². The maximum atomic E-state index is 14.8. The molecule has 2 aliphatic rings. The van der Waals surface area contributed by atoms with Gasteiger partial charge in [0.15, 0.2) is 5.82 Å². The van der Waals surface area contributed by atoms with Crippen molar-refractivity contribution in [3.8, 4) is 17.2 Å². The van der Waals surface area contributed by atoms with Crippen LogP contribution >= 0.6 is 17.0 Å². The fourth-order valence-electron chi connectivity index (χ4n) is 6.27. The molecule has 2 atom stereocenters. The number of fused-ring (bicyclic) bond motifs is 3. The van der Waals surface area contributed by atoms with Crippen LogP contribution in [0.15, 0.2) is 73.2 Å². The van der Waals surface area contributed by atoms with Crippen molar-refractivity contribution in [1.29, 1.82) is 0 Å². The van der Waals surface area contributed by atoms with Crippen LogP contribution in [-0.4, -0.2) is 55.1 Å². The summed E-state index contributed by atoms with van der Waals surface area (Å²) in [6.07, 6.45) is 4.65. The third-order valence-corrected chi connectivity index (χ3v) is 8.38. The quantitative estimate of drug-likeness (QED) is 0.247. The third-order valence-electron chi connectivity index (χ3n) is 8.38. The van der Waals surface area contributed by atoms with Gasteiger partial charge >= 0.3 is 0 Å². The molecule has 44 heavy (non-hydrogen) atoms. The largest absolute Gasteiger partial charge is 0.348 e. The van der Waals surface area contributed by atoms with E-state index in [1.165, 1.54) is 0 Å². The highest BCUT2D eigenvalue weighted by Crippen LogP contribution is 2.43. The second-order valence-corrected chi connectivity index (χ2v) is 11.2. The fraction of sp³-hybridized carbons (Fsp3) is 0.281. The number of amides is 2. The van der Waals surface area contributed by atoms with Crippen LogP contribution in [0.1, 0.15) is 40.9 Å². The number of anilines is 1. The number of hydrogen-bond donors (Lipinski definition) is 2. The van der Waals surface area contributed by atoms with E-state index < -0.39 is 42.5 Å². The number of nitrogens with zero attached hydrogens (tertiary/aromatic N) is 5. The van der Waals surface area contributed by atoms with Crippen molar-refractivity contribution in [2.75, 3.05) is 11.4 Å². The summed E-state index contributed by atoms with van der Waals surface area (Å²) in [7, 11) is 0. The molecule has 2 N–H and O–H groups in total. The van der Waals surface area contributed by atoms with Crippen LogP contribution in [0.3, 0.4) is 0 Å². The van der Waals surface area contributed by atoms with Crippen molar-refractivity contribution in [3.63, 3.8) is 0 Å². The monoisotopic (exact) mass is 661 g/mol. The van der Waals surface area contributed by atoms with E-state index in [-0.39, 0.29) is 23.4 Å². The molecule has 0 radical (unpaired) electrons. The first-order valence-electron chi connectivity index (χ1n) is 14.3. The number of carbonyl (C=O) groups excluding carboxylic acids is 2. The molecule has 0 unspecified atom stereocenters. The van der Waals surface area contributed by atoms with Crippen LogP contribution in [0.4, 0.5) is 14.5 Å². The summed E-state index contributed by atoms with van der Waals surface area (Å²) in [5, 5.41) is 8.07. The lowest BCUT2D eigenvalue weighted by Gasteiger charge is -2.37. The molecule has 1 saturated carbocycles. The molecule has 0 spiro atoms. The molecule has 5 aromatic rings. The molecule has 4 heterocycles. The van der Waals surface area contributed by atoms with Gasteiger partial charge < -0.3 is 15.2 Å². The Balaban J connectivity index is 0.00000343. The summed E-state index contributed by atoms with van der Waals surface area (Å²) < 4.78 is 31.4. The van der Waals surface area contributed by atoms with E-state index in [1.54, 1.807) is 46.2 Å². The van der Waals surface area contributed by atoms with E-state index in [4.69, 9.17) is 4.98 Å². The van der Waals surface area contributed by atoms with Gasteiger partial charge in [-0.25, -0.2) is 23.4 Å². The number of rotatable bonds is 5. The number of hydrogen-bond acceptors (Lipinski definition) is 5. The summed E-state index contributed by atoms with van der Waals surface area (Å²) in [6, 6.07) is 15.5. The third kappa shape index (κ3) is 5.38. The summed E-state index contributed by atoms with van der Waals surface area (Å²) in [5.74, 6) is -4.35. The van der Waals surface area contributed by atoms with E-state index in [0.29, 0.717) is 41.3 Å². The molecule has 1 aliphatic carbocycles. The molecular formula is C32H30BrF2N7O2. The first-order valence-corrected chi connectivity index (χ1v) is 14.3. The van der Waals surface area contributed by atoms with Gasteiger partial charge in [-0.15, -0.1) is 17.0 Å². The Morgan fingerprint density at radius 1 is 1.09 bits per heavy atom. The first kappa shape index (κ1) is 29.6. The number of para-hydroxylation sites is 1. The van der Waals surface area contributed by atoms with Crippen LogP contribution in [0.5, 0.6) is 0 Å². The molecule has 12 heteroatoms. The van der Waals surface area contributed by atoms with Gasteiger partial charge in [0.2, 0.25) is 11.8 Å². The number of nitrogens with one attached hydrogen (secondary N) is 2. The fourth-order valence-corrected chi connectivity index (χ4v) is 6.27. The zero-order valence-corrected chi connectivity index (χ0v) is 25.5. The van der Waals surface area contributed by atoms with Gasteiger partial charge in [-0.3, -0.25) is 9.59 Å². The molecule has 9 nitrogen and oxygen atoms in total. The van der Waals surface area contributed by atoms with Gasteiger partial charge in [0.25, 0.3) is 5.91 Å². The summed E-state index contributed by atoms with van der Waals surface area (Å²) in [5.41, 5.74) is 4.87. The Labute approximate surface area is 262 Å². The van der Waals surface area contributed by atoms with Gasteiger partial charge in [0.1, 0.15) is 5.69 Å². The molecule has 2 aromatic carbocycles. The topological polar surface area (TPSA) is 109 Å². The lowest BCUT2D eigenvalue weighted by molar-refractivity contribution is -0.131. The number of pyridine rings is 1. The van der Waals surface area contributed by atoms with Crippen LogP contribution in [0.2, 0.25) is 0 Å². The van der Waals surface area contributed by atoms with Crippen molar-refractivity contribution in [3.05, 3.63) is 90.0 Å². The van der Waals surface area contributed by atoms with Crippen molar-refractivity contribution in [2.24, 2.45) is 5.92 Å². The number of imidazole rings is 1. The Hall–Kier alpha value is -4.45. The minimum absolute atomic E-state index is 0. The highest BCUT2D eigenvalue weighted by molar-refractivity contribution is 8.93. The number of halogens is 3. The highest BCUT2D eigenvalue weighted by atomic mass is 79.9. The second-order valence-electron chi connectivity index (χ2n) is 11.2. The number of benzene rings is 2.